The summed E-state index contributed by atoms with van der Waals surface area (Å²) in [4.78, 5) is 16.4. The van der Waals surface area contributed by atoms with Gasteiger partial charge >= 0.3 is 0 Å². The maximum Gasteiger partial charge on any atom is 0.297 e. The zero-order valence-corrected chi connectivity index (χ0v) is 25.5. The average Bonchev–Trinajstić information content (AvgIpc) is 3.20. The molecule has 9 heteroatoms. The number of thioether (sulfide) groups is 1. The van der Waals surface area contributed by atoms with Crippen molar-refractivity contribution in [2.45, 2.75) is 67.4 Å². The Balaban J connectivity index is 1.56. The van der Waals surface area contributed by atoms with Gasteiger partial charge < -0.3 is 14.4 Å². The number of rotatable bonds is 10. The van der Waals surface area contributed by atoms with Crippen LogP contribution < -0.4 is 9.47 Å². The van der Waals surface area contributed by atoms with Crippen LogP contribution in [0, 0.1) is 6.92 Å². The molecule has 1 amide bonds. The number of carbonyl (C=O) groups is 1. The Bertz CT molecular complexity index is 1480. The number of hydrogen-bond donors (Lipinski definition) is 0. The number of carbonyl (C=O) groups excluding carboxylic acids is 1. The molecule has 1 heterocycles. The predicted octanol–water partition coefficient (Wildman–Crippen LogP) is 5.74. The Kier molecular flexibility index (Phi) is 8.68. The first-order valence-corrected chi connectivity index (χ1v) is 16.4. The summed E-state index contributed by atoms with van der Waals surface area (Å²) >= 11 is 1.65. The molecule has 0 aromatic heterocycles. The van der Waals surface area contributed by atoms with E-state index < -0.39 is 21.6 Å². The van der Waals surface area contributed by atoms with E-state index in [2.05, 4.69) is 6.92 Å². The first-order valence-electron chi connectivity index (χ1n) is 13.9. The molecule has 41 heavy (non-hydrogen) atoms. The van der Waals surface area contributed by atoms with Gasteiger partial charge in [-0.05, 0) is 67.3 Å². The highest BCUT2D eigenvalue weighted by Crippen LogP contribution is 2.55. The van der Waals surface area contributed by atoms with E-state index in [1.54, 1.807) is 50.2 Å². The molecule has 7 nitrogen and oxygen atoms in total. The number of benzene rings is 3. The van der Waals surface area contributed by atoms with Gasteiger partial charge in [0.05, 0.1) is 30.5 Å². The van der Waals surface area contributed by atoms with Crippen LogP contribution in [0.4, 0.5) is 0 Å². The molecule has 4 atom stereocenters. The smallest absolute Gasteiger partial charge is 0.297 e. The Morgan fingerprint density at radius 1 is 0.976 bits per heavy atom. The summed E-state index contributed by atoms with van der Waals surface area (Å²) in [7, 11) is -0.757. The fourth-order valence-corrected chi connectivity index (χ4v) is 8.81. The largest absolute Gasteiger partial charge is 0.493 e. The van der Waals surface area contributed by atoms with Gasteiger partial charge in [-0.3, -0.25) is 8.98 Å². The van der Waals surface area contributed by atoms with Crippen molar-refractivity contribution in [2.24, 2.45) is 0 Å². The van der Waals surface area contributed by atoms with Crippen LogP contribution in [0.2, 0.25) is 0 Å². The van der Waals surface area contributed by atoms with E-state index in [0.29, 0.717) is 37.3 Å². The number of amides is 1. The minimum Gasteiger partial charge on any atom is -0.493 e. The second-order valence-electron chi connectivity index (χ2n) is 10.7. The second-order valence-corrected chi connectivity index (χ2v) is 13.6. The Morgan fingerprint density at radius 3 is 2.34 bits per heavy atom. The van der Waals surface area contributed by atoms with Gasteiger partial charge in [0.2, 0.25) is 5.91 Å². The highest BCUT2D eigenvalue weighted by atomic mass is 32.2. The molecule has 0 radical (unpaired) electrons. The van der Waals surface area contributed by atoms with Crippen molar-refractivity contribution in [3.8, 4) is 11.5 Å². The summed E-state index contributed by atoms with van der Waals surface area (Å²) in [6.07, 6.45) is 0.939. The van der Waals surface area contributed by atoms with Gasteiger partial charge in [-0.25, -0.2) is 0 Å². The van der Waals surface area contributed by atoms with Crippen LogP contribution in [0.25, 0.3) is 0 Å². The molecule has 3 aromatic rings. The number of nitrogens with zero attached hydrogens (tertiary/aromatic N) is 1. The number of ether oxygens (including phenoxy) is 2. The lowest BCUT2D eigenvalue weighted by molar-refractivity contribution is -0.129. The van der Waals surface area contributed by atoms with Gasteiger partial charge in [0.25, 0.3) is 10.1 Å². The van der Waals surface area contributed by atoms with Crippen LogP contribution in [0.5, 0.6) is 11.5 Å². The molecule has 1 aliphatic heterocycles. The molecule has 2 fully saturated rings. The van der Waals surface area contributed by atoms with Crippen molar-refractivity contribution in [2.75, 3.05) is 20.0 Å². The van der Waals surface area contributed by atoms with Crippen molar-refractivity contribution in [1.82, 2.24) is 4.90 Å². The predicted molar refractivity (Wildman–Crippen MR) is 161 cm³/mol. The topological polar surface area (TPSA) is 82.1 Å². The molecule has 1 unspecified atom stereocenters. The molecule has 1 aliphatic carbocycles. The molecular weight excluding hydrogens is 558 g/mol. The first-order chi connectivity index (χ1) is 19.7. The summed E-state index contributed by atoms with van der Waals surface area (Å²) in [5.41, 5.74) is 2.44. The summed E-state index contributed by atoms with van der Waals surface area (Å²) < 4.78 is 43.6. The van der Waals surface area contributed by atoms with E-state index in [4.69, 9.17) is 13.7 Å². The lowest BCUT2D eigenvalue weighted by atomic mass is 9.65. The van der Waals surface area contributed by atoms with Gasteiger partial charge in [0, 0.05) is 18.0 Å². The molecule has 0 N–H and O–H groups in total. The Morgan fingerprint density at radius 2 is 1.68 bits per heavy atom. The van der Waals surface area contributed by atoms with Crippen molar-refractivity contribution in [3.05, 3.63) is 89.5 Å². The van der Waals surface area contributed by atoms with Gasteiger partial charge in [-0.2, -0.15) is 8.42 Å². The van der Waals surface area contributed by atoms with Crippen molar-refractivity contribution in [1.29, 1.82) is 0 Å². The number of likely N-dealkylation sites (tertiary alicyclic amines) is 1. The third-order valence-corrected chi connectivity index (χ3v) is 11.0. The van der Waals surface area contributed by atoms with Gasteiger partial charge in [-0.15, -0.1) is 11.8 Å². The van der Waals surface area contributed by atoms with E-state index >= 15 is 0 Å². The highest BCUT2D eigenvalue weighted by Gasteiger charge is 2.62. The molecule has 0 spiro atoms. The number of methoxy groups -OCH3 is 2. The summed E-state index contributed by atoms with van der Waals surface area (Å²) in [6, 6.07) is 22.3. The SMILES string of the molecule is CCS[C@@H]1C(=O)N(Cc2ccccc2)[C@@H]2CC(OS(=O)(=O)c3ccc(C)cc3)CC[C@]12c1ccc(OC)c(OC)c1. The quantitative estimate of drug-likeness (QED) is 0.277. The van der Waals surface area contributed by atoms with Crippen molar-refractivity contribution >= 4 is 27.8 Å². The molecule has 5 rings (SSSR count). The number of fused-ring (bicyclic) bond motifs is 1. The third kappa shape index (κ3) is 5.59. The molecule has 218 valence electrons. The van der Waals surface area contributed by atoms with E-state index in [0.717, 1.165) is 22.4 Å². The molecule has 2 aliphatic rings. The minimum absolute atomic E-state index is 0.0718. The van der Waals surface area contributed by atoms with Crippen LogP contribution in [0.3, 0.4) is 0 Å². The second kappa shape index (κ2) is 12.1. The maximum atomic E-state index is 14.3. The van der Waals surface area contributed by atoms with Gasteiger partial charge in [0.15, 0.2) is 11.5 Å². The third-order valence-electron chi connectivity index (χ3n) is 8.33. The van der Waals surface area contributed by atoms with Crippen LogP contribution in [0.1, 0.15) is 42.9 Å². The van der Waals surface area contributed by atoms with E-state index in [1.807, 2.05) is 60.4 Å². The first kappa shape index (κ1) is 29.5. The summed E-state index contributed by atoms with van der Waals surface area (Å²) in [5, 5.41) is -0.325. The Hall–Kier alpha value is -3.01. The molecule has 0 bridgehead atoms. The Labute approximate surface area is 247 Å². The minimum atomic E-state index is -3.97. The van der Waals surface area contributed by atoms with E-state index in [9.17, 15) is 13.2 Å². The zero-order chi connectivity index (χ0) is 29.2. The average molecular weight is 596 g/mol. The van der Waals surface area contributed by atoms with Crippen LogP contribution in [-0.2, 0) is 31.1 Å². The van der Waals surface area contributed by atoms with Crippen LogP contribution >= 0.6 is 11.8 Å². The molecular formula is C32H37NO6S2. The summed E-state index contributed by atoms with van der Waals surface area (Å²) in [5.74, 6) is 2.07. The van der Waals surface area contributed by atoms with Crippen molar-refractivity contribution in [3.63, 3.8) is 0 Å². The normalized spacial score (nSPS) is 24.2. The lowest BCUT2D eigenvalue weighted by Crippen LogP contribution is -2.51. The fraction of sp³-hybridized carbons (Fsp3) is 0.406. The van der Waals surface area contributed by atoms with Gasteiger partial charge in [0.1, 0.15) is 0 Å². The highest BCUT2D eigenvalue weighted by molar-refractivity contribution is 8.00. The molecule has 1 saturated carbocycles. The fourth-order valence-electron chi connectivity index (χ4n) is 6.38. The monoisotopic (exact) mass is 595 g/mol. The van der Waals surface area contributed by atoms with E-state index in [1.165, 1.54) is 0 Å². The molecule has 3 aromatic carbocycles. The van der Waals surface area contributed by atoms with Crippen molar-refractivity contribution < 1.29 is 26.9 Å². The summed E-state index contributed by atoms with van der Waals surface area (Å²) in [6.45, 7) is 4.42. The number of hydrogen-bond acceptors (Lipinski definition) is 7. The zero-order valence-electron chi connectivity index (χ0n) is 23.9. The molecule has 1 saturated heterocycles. The van der Waals surface area contributed by atoms with E-state index in [-0.39, 0.29) is 22.1 Å². The maximum absolute atomic E-state index is 14.3. The van der Waals surface area contributed by atoms with Crippen LogP contribution in [-0.4, -0.2) is 56.6 Å². The van der Waals surface area contributed by atoms with Crippen LogP contribution in [0.15, 0.2) is 77.7 Å². The number of aryl methyl sites for hydroxylation is 1. The van der Waals surface area contributed by atoms with Gasteiger partial charge in [-0.1, -0.05) is 61.0 Å². The standard InChI is InChI=1S/C32H37NO6S2/c1-5-40-30-31(34)33(21-23-9-7-6-8-10-23)29-20-25(39-41(35,36)26-14-11-22(2)12-15-26)17-18-32(29,30)24-13-16-27(37-3)28(19-24)38-4/h6-16,19,25,29-30H,5,17-18,20-21H2,1-4H3/t25?,29-,30-,32-/m1/s1. The lowest BCUT2D eigenvalue weighted by Gasteiger charge is -2.46.